The maximum atomic E-state index is 11.2. The fraction of sp³-hybridized carbons (Fsp3) is 0.769. The summed E-state index contributed by atoms with van der Waals surface area (Å²) < 4.78 is 11.3. The van der Waals surface area contributed by atoms with Crippen LogP contribution in [0.15, 0.2) is 12.2 Å². The molecular formula is C13H28O4Si2. The second-order valence-corrected chi connectivity index (χ2v) is 12.7. The molecule has 0 aromatic carbocycles. The molecule has 0 aliphatic heterocycles. The van der Waals surface area contributed by atoms with Gasteiger partial charge in [-0.1, -0.05) is 6.58 Å². The van der Waals surface area contributed by atoms with Gasteiger partial charge in [-0.2, -0.15) is 0 Å². The van der Waals surface area contributed by atoms with Crippen molar-refractivity contribution in [2.45, 2.75) is 51.5 Å². The van der Waals surface area contributed by atoms with Gasteiger partial charge in [-0.05, 0) is 51.5 Å². The average molecular weight is 305 g/mol. The van der Waals surface area contributed by atoms with Crippen LogP contribution in [-0.4, -0.2) is 41.6 Å². The van der Waals surface area contributed by atoms with Crippen LogP contribution in [0.1, 0.15) is 19.8 Å². The number of aliphatic hydroxyl groups is 1. The molecule has 4 nitrogen and oxygen atoms in total. The first-order valence-electron chi connectivity index (χ1n) is 6.90. The van der Waals surface area contributed by atoms with Crippen molar-refractivity contribution in [1.82, 2.24) is 0 Å². The summed E-state index contributed by atoms with van der Waals surface area (Å²) in [5.41, 5.74) is 0.444. The zero-order chi connectivity index (χ0) is 14.9. The monoisotopic (exact) mass is 304 g/mol. The molecule has 0 aromatic rings. The SMILES string of the molecule is C=C(C)C(=O)OCCC[SiH](C)O[Si](C)(C)CCCO. The summed E-state index contributed by atoms with van der Waals surface area (Å²) >= 11 is 0. The molecule has 0 fully saturated rings. The van der Waals surface area contributed by atoms with Crippen LogP contribution in [0.2, 0.25) is 31.7 Å². The lowest BCUT2D eigenvalue weighted by molar-refractivity contribution is -0.138. The van der Waals surface area contributed by atoms with Crippen LogP contribution in [0.3, 0.4) is 0 Å². The van der Waals surface area contributed by atoms with E-state index in [2.05, 4.69) is 26.2 Å². The van der Waals surface area contributed by atoms with Crippen molar-refractivity contribution in [3.8, 4) is 0 Å². The quantitative estimate of drug-likeness (QED) is 0.291. The second kappa shape index (κ2) is 9.46. The van der Waals surface area contributed by atoms with Crippen LogP contribution in [0, 0.1) is 0 Å². The van der Waals surface area contributed by atoms with Crippen molar-refractivity contribution in [3.63, 3.8) is 0 Å². The molecule has 0 spiro atoms. The van der Waals surface area contributed by atoms with E-state index in [0.29, 0.717) is 12.2 Å². The highest BCUT2D eigenvalue weighted by Gasteiger charge is 2.24. The summed E-state index contributed by atoms with van der Waals surface area (Å²) in [6, 6.07) is 2.02. The summed E-state index contributed by atoms with van der Waals surface area (Å²) in [6.07, 6.45) is 1.69. The van der Waals surface area contributed by atoms with E-state index in [0.717, 1.165) is 24.9 Å². The normalized spacial score (nSPS) is 13.1. The van der Waals surface area contributed by atoms with Gasteiger partial charge in [0.2, 0.25) is 0 Å². The Morgan fingerprint density at radius 3 is 2.53 bits per heavy atom. The van der Waals surface area contributed by atoms with Gasteiger partial charge in [-0.3, -0.25) is 0 Å². The fourth-order valence-corrected chi connectivity index (χ4v) is 8.88. The minimum absolute atomic E-state index is 0.243. The zero-order valence-electron chi connectivity index (χ0n) is 12.7. The molecular weight excluding hydrogens is 276 g/mol. The Balaban J connectivity index is 3.77. The topological polar surface area (TPSA) is 55.8 Å². The Morgan fingerprint density at radius 1 is 1.37 bits per heavy atom. The molecule has 0 saturated carbocycles. The van der Waals surface area contributed by atoms with Crippen molar-refractivity contribution in [2.24, 2.45) is 0 Å². The first-order valence-corrected chi connectivity index (χ1v) is 12.5. The van der Waals surface area contributed by atoms with Gasteiger partial charge in [0.05, 0.1) is 6.61 Å². The molecule has 0 bridgehead atoms. The third-order valence-corrected chi connectivity index (χ3v) is 9.73. The van der Waals surface area contributed by atoms with Crippen molar-refractivity contribution < 1.29 is 18.8 Å². The highest BCUT2D eigenvalue weighted by atomic mass is 28.4. The molecule has 0 rings (SSSR count). The lowest BCUT2D eigenvalue weighted by atomic mass is 10.4. The number of carbonyl (C=O) groups is 1. The second-order valence-electron chi connectivity index (χ2n) is 5.57. The van der Waals surface area contributed by atoms with E-state index in [4.69, 9.17) is 14.0 Å². The molecule has 1 unspecified atom stereocenters. The van der Waals surface area contributed by atoms with Crippen molar-refractivity contribution in [1.29, 1.82) is 0 Å². The van der Waals surface area contributed by atoms with E-state index in [1.54, 1.807) is 6.92 Å². The summed E-state index contributed by atoms with van der Waals surface area (Å²) in [4.78, 5) is 11.2. The number of carbonyl (C=O) groups excluding carboxylic acids is 1. The van der Waals surface area contributed by atoms with Crippen LogP contribution in [0.5, 0.6) is 0 Å². The van der Waals surface area contributed by atoms with Crippen molar-refractivity contribution >= 4 is 23.3 Å². The standard InChI is InChI=1S/C13H28O4Si2/c1-12(2)13(15)16-9-7-10-18(3)17-19(4,5)11-6-8-14/h14,18H,1,6-11H2,2-5H3. The summed E-state index contributed by atoms with van der Waals surface area (Å²) in [6.45, 7) is 12.5. The summed E-state index contributed by atoms with van der Waals surface area (Å²) in [7, 11) is -2.80. The van der Waals surface area contributed by atoms with Gasteiger partial charge in [0.1, 0.15) is 0 Å². The Hall–Kier alpha value is -0.436. The van der Waals surface area contributed by atoms with Gasteiger partial charge in [0.15, 0.2) is 17.4 Å². The van der Waals surface area contributed by atoms with E-state index in [9.17, 15) is 4.79 Å². The minimum Gasteiger partial charge on any atom is -0.462 e. The number of rotatable bonds is 10. The molecule has 0 saturated heterocycles. The Labute approximate surface area is 119 Å². The maximum Gasteiger partial charge on any atom is 0.333 e. The van der Waals surface area contributed by atoms with Gasteiger partial charge in [0, 0.05) is 12.2 Å². The fourth-order valence-electron chi connectivity index (χ4n) is 1.83. The molecule has 0 amide bonds. The molecule has 0 aliphatic carbocycles. The third kappa shape index (κ3) is 10.1. The Kier molecular flexibility index (Phi) is 9.25. The molecule has 0 heterocycles. The van der Waals surface area contributed by atoms with Crippen LogP contribution in [-0.2, 0) is 13.6 Å². The highest BCUT2D eigenvalue weighted by molar-refractivity contribution is 6.78. The van der Waals surface area contributed by atoms with Crippen LogP contribution < -0.4 is 0 Å². The van der Waals surface area contributed by atoms with Gasteiger partial charge in [-0.25, -0.2) is 4.79 Å². The molecule has 0 aromatic heterocycles. The molecule has 112 valence electrons. The van der Waals surface area contributed by atoms with Gasteiger partial charge >= 0.3 is 5.97 Å². The highest BCUT2D eigenvalue weighted by Crippen LogP contribution is 2.16. The minimum atomic E-state index is -1.61. The van der Waals surface area contributed by atoms with Crippen LogP contribution in [0.4, 0.5) is 0 Å². The van der Waals surface area contributed by atoms with Gasteiger partial charge < -0.3 is 14.0 Å². The largest absolute Gasteiger partial charge is 0.462 e. The molecule has 0 radical (unpaired) electrons. The number of aliphatic hydroxyl groups excluding tert-OH is 1. The van der Waals surface area contributed by atoms with E-state index in [1.807, 2.05) is 0 Å². The zero-order valence-corrected chi connectivity index (χ0v) is 14.9. The predicted molar refractivity (Wildman–Crippen MR) is 83.3 cm³/mol. The summed E-state index contributed by atoms with van der Waals surface area (Å²) in [5, 5.41) is 8.86. The van der Waals surface area contributed by atoms with Crippen LogP contribution >= 0.6 is 0 Å². The van der Waals surface area contributed by atoms with E-state index >= 15 is 0 Å². The molecule has 6 heteroatoms. The van der Waals surface area contributed by atoms with E-state index in [1.165, 1.54) is 0 Å². The number of hydrogen-bond donors (Lipinski definition) is 1. The number of esters is 1. The lowest BCUT2D eigenvalue weighted by Gasteiger charge is -2.27. The summed E-state index contributed by atoms with van der Waals surface area (Å²) in [5.74, 6) is -0.312. The van der Waals surface area contributed by atoms with E-state index in [-0.39, 0.29) is 12.6 Å². The number of hydrogen-bond acceptors (Lipinski definition) is 4. The van der Waals surface area contributed by atoms with Gasteiger partial charge in [-0.15, -0.1) is 0 Å². The molecule has 19 heavy (non-hydrogen) atoms. The third-order valence-electron chi connectivity index (χ3n) is 2.79. The maximum absolute atomic E-state index is 11.2. The van der Waals surface area contributed by atoms with Crippen LogP contribution in [0.25, 0.3) is 0 Å². The first kappa shape index (κ1) is 18.6. The Bertz CT molecular complexity index is 292. The predicted octanol–water partition coefficient (Wildman–Crippen LogP) is 2.45. The lowest BCUT2D eigenvalue weighted by Crippen LogP contribution is -2.36. The van der Waals surface area contributed by atoms with Gasteiger partial charge in [0.25, 0.3) is 0 Å². The first-order chi connectivity index (χ1) is 8.78. The molecule has 1 N–H and O–H groups in total. The Morgan fingerprint density at radius 2 is 2.00 bits per heavy atom. The van der Waals surface area contributed by atoms with Crippen molar-refractivity contribution in [2.75, 3.05) is 13.2 Å². The van der Waals surface area contributed by atoms with Crippen molar-refractivity contribution in [3.05, 3.63) is 12.2 Å². The average Bonchev–Trinajstić information content (AvgIpc) is 2.31. The number of ether oxygens (including phenoxy) is 1. The molecule has 1 atom stereocenters. The smallest absolute Gasteiger partial charge is 0.333 e. The molecule has 0 aliphatic rings. The van der Waals surface area contributed by atoms with E-state index < -0.39 is 17.4 Å².